The van der Waals surface area contributed by atoms with Crippen molar-refractivity contribution < 1.29 is 10.2 Å². The minimum absolute atomic E-state index is 0.382. The zero-order valence-corrected chi connectivity index (χ0v) is 12.8. The van der Waals surface area contributed by atoms with Gasteiger partial charge in [0.2, 0.25) is 0 Å². The lowest BCUT2D eigenvalue weighted by Crippen LogP contribution is -2.28. The SMILES string of the molecule is CCCCCCc1ccc(C(O)CNCC(C)O)cc1. The Morgan fingerprint density at radius 2 is 1.70 bits per heavy atom. The van der Waals surface area contributed by atoms with E-state index in [1.807, 2.05) is 12.1 Å². The van der Waals surface area contributed by atoms with Gasteiger partial charge in [0.05, 0.1) is 12.2 Å². The molecule has 0 heterocycles. The molecule has 0 aliphatic carbocycles. The number of aliphatic hydroxyl groups is 2. The highest BCUT2D eigenvalue weighted by molar-refractivity contribution is 5.24. The molecule has 0 amide bonds. The first kappa shape index (κ1) is 17.2. The first-order valence-electron chi connectivity index (χ1n) is 7.79. The van der Waals surface area contributed by atoms with Gasteiger partial charge in [0, 0.05) is 13.1 Å². The van der Waals surface area contributed by atoms with E-state index in [0.717, 1.165) is 12.0 Å². The van der Waals surface area contributed by atoms with Crippen LogP contribution in [0.4, 0.5) is 0 Å². The third-order valence-corrected chi connectivity index (χ3v) is 3.46. The van der Waals surface area contributed by atoms with Gasteiger partial charge in [0.1, 0.15) is 0 Å². The highest BCUT2D eigenvalue weighted by Gasteiger charge is 2.07. The quantitative estimate of drug-likeness (QED) is 0.577. The Bertz CT molecular complexity index is 349. The summed E-state index contributed by atoms with van der Waals surface area (Å²) in [5.41, 5.74) is 2.27. The van der Waals surface area contributed by atoms with Crippen molar-refractivity contribution in [2.45, 2.75) is 58.2 Å². The number of aryl methyl sites for hydroxylation is 1. The average molecular weight is 279 g/mol. The lowest BCUT2D eigenvalue weighted by atomic mass is 10.0. The Labute approximate surface area is 123 Å². The number of hydrogen-bond donors (Lipinski definition) is 3. The highest BCUT2D eigenvalue weighted by Crippen LogP contribution is 2.15. The van der Waals surface area contributed by atoms with Gasteiger partial charge in [0.25, 0.3) is 0 Å². The molecule has 20 heavy (non-hydrogen) atoms. The molecule has 0 aliphatic heterocycles. The fourth-order valence-corrected chi connectivity index (χ4v) is 2.21. The van der Waals surface area contributed by atoms with E-state index in [1.54, 1.807) is 6.92 Å². The second kappa shape index (κ2) is 9.92. The third kappa shape index (κ3) is 7.04. The van der Waals surface area contributed by atoms with Gasteiger partial charge in [-0.1, -0.05) is 50.5 Å². The molecule has 0 bridgehead atoms. The molecule has 1 rings (SSSR count). The normalized spacial score (nSPS) is 14.2. The lowest BCUT2D eigenvalue weighted by Gasteiger charge is -2.13. The van der Waals surface area contributed by atoms with Gasteiger partial charge in [-0.25, -0.2) is 0 Å². The molecule has 0 aliphatic rings. The van der Waals surface area contributed by atoms with Gasteiger partial charge in [-0.3, -0.25) is 0 Å². The first-order chi connectivity index (χ1) is 9.63. The third-order valence-electron chi connectivity index (χ3n) is 3.46. The van der Waals surface area contributed by atoms with Crippen LogP contribution in [0.25, 0.3) is 0 Å². The van der Waals surface area contributed by atoms with E-state index >= 15 is 0 Å². The van der Waals surface area contributed by atoms with Gasteiger partial charge in [-0.05, 0) is 30.9 Å². The number of aliphatic hydroxyl groups excluding tert-OH is 2. The summed E-state index contributed by atoms with van der Waals surface area (Å²) < 4.78 is 0. The van der Waals surface area contributed by atoms with Crippen LogP contribution in [0.5, 0.6) is 0 Å². The zero-order chi connectivity index (χ0) is 14.8. The lowest BCUT2D eigenvalue weighted by molar-refractivity contribution is 0.155. The fraction of sp³-hybridized carbons (Fsp3) is 0.647. The Morgan fingerprint density at radius 3 is 2.30 bits per heavy atom. The Balaban J connectivity index is 2.33. The van der Waals surface area contributed by atoms with Crippen molar-refractivity contribution in [3.8, 4) is 0 Å². The molecule has 1 aromatic rings. The van der Waals surface area contributed by atoms with Crippen LogP contribution in [0, 0.1) is 0 Å². The van der Waals surface area contributed by atoms with Crippen LogP contribution in [-0.4, -0.2) is 29.4 Å². The summed E-state index contributed by atoms with van der Waals surface area (Å²) in [6.45, 7) is 4.93. The molecule has 0 radical (unpaired) electrons. The zero-order valence-electron chi connectivity index (χ0n) is 12.8. The topological polar surface area (TPSA) is 52.5 Å². The largest absolute Gasteiger partial charge is 0.392 e. The maximum atomic E-state index is 10.0. The molecule has 0 spiro atoms. The maximum absolute atomic E-state index is 10.0. The molecule has 0 saturated carbocycles. The molecule has 3 nitrogen and oxygen atoms in total. The van der Waals surface area contributed by atoms with Crippen molar-refractivity contribution in [2.24, 2.45) is 0 Å². The van der Waals surface area contributed by atoms with E-state index in [1.165, 1.54) is 31.2 Å². The van der Waals surface area contributed by atoms with Crippen LogP contribution >= 0.6 is 0 Å². The Hall–Kier alpha value is -0.900. The number of benzene rings is 1. The first-order valence-corrected chi connectivity index (χ1v) is 7.79. The predicted molar refractivity (Wildman–Crippen MR) is 83.8 cm³/mol. The van der Waals surface area contributed by atoms with Gasteiger partial charge in [-0.2, -0.15) is 0 Å². The molecule has 3 heteroatoms. The smallest absolute Gasteiger partial charge is 0.0914 e. The van der Waals surface area contributed by atoms with Gasteiger partial charge in [-0.15, -0.1) is 0 Å². The van der Waals surface area contributed by atoms with Crippen LogP contribution in [0.3, 0.4) is 0 Å². The summed E-state index contributed by atoms with van der Waals surface area (Å²) in [6.07, 6.45) is 5.35. The van der Waals surface area contributed by atoms with Gasteiger partial charge < -0.3 is 15.5 Å². The van der Waals surface area contributed by atoms with E-state index in [2.05, 4.69) is 24.4 Å². The minimum atomic E-state index is -0.511. The van der Waals surface area contributed by atoms with Gasteiger partial charge >= 0.3 is 0 Å². The summed E-state index contributed by atoms with van der Waals surface area (Å²) in [5, 5.41) is 22.2. The summed E-state index contributed by atoms with van der Waals surface area (Å²) >= 11 is 0. The molecule has 1 aromatic carbocycles. The van der Waals surface area contributed by atoms with Crippen molar-refractivity contribution >= 4 is 0 Å². The van der Waals surface area contributed by atoms with Gasteiger partial charge in [0.15, 0.2) is 0 Å². The molecule has 114 valence electrons. The van der Waals surface area contributed by atoms with E-state index in [9.17, 15) is 5.11 Å². The molecule has 0 aromatic heterocycles. The van der Waals surface area contributed by atoms with Crippen LogP contribution in [-0.2, 0) is 6.42 Å². The summed E-state index contributed by atoms with van der Waals surface area (Å²) in [5.74, 6) is 0. The second-order valence-corrected chi connectivity index (χ2v) is 5.58. The monoisotopic (exact) mass is 279 g/mol. The molecule has 2 atom stereocenters. The molecule has 3 N–H and O–H groups in total. The van der Waals surface area contributed by atoms with Crippen molar-refractivity contribution in [2.75, 3.05) is 13.1 Å². The summed E-state index contributed by atoms with van der Waals surface area (Å²) in [6, 6.07) is 8.23. The molecule has 2 unspecified atom stereocenters. The van der Waals surface area contributed by atoms with Crippen molar-refractivity contribution in [3.63, 3.8) is 0 Å². The molecule has 0 saturated heterocycles. The summed E-state index contributed by atoms with van der Waals surface area (Å²) in [4.78, 5) is 0. The van der Waals surface area contributed by atoms with E-state index in [0.29, 0.717) is 13.1 Å². The molecular formula is C17H29NO2. The van der Waals surface area contributed by atoms with Crippen molar-refractivity contribution in [3.05, 3.63) is 35.4 Å². The van der Waals surface area contributed by atoms with Crippen molar-refractivity contribution in [1.82, 2.24) is 5.32 Å². The fourth-order valence-electron chi connectivity index (χ4n) is 2.21. The predicted octanol–water partition coefficient (Wildman–Crippen LogP) is 2.81. The average Bonchev–Trinajstić information content (AvgIpc) is 2.44. The number of hydrogen-bond acceptors (Lipinski definition) is 3. The number of nitrogens with one attached hydrogen (secondary N) is 1. The Morgan fingerprint density at radius 1 is 1.00 bits per heavy atom. The number of rotatable bonds is 10. The summed E-state index contributed by atoms with van der Waals surface area (Å²) in [7, 11) is 0. The van der Waals surface area contributed by atoms with Crippen LogP contribution in [0.15, 0.2) is 24.3 Å². The van der Waals surface area contributed by atoms with Crippen LogP contribution < -0.4 is 5.32 Å². The van der Waals surface area contributed by atoms with E-state index < -0.39 is 6.10 Å². The molecule has 0 fully saturated rings. The molecular weight excluding hydrogens is 250 g/mol. The van der Waals surface area contributed by atoms with E-state index in [4.69, 9.17) is 5.11 Å². The van der Waals surface area contributed by atoms with Crippen LogP contribution in [0.1, 0.15) is 56.8 Å². The minimum Gasteiger partial charge on any atom is -0.392 e. The highest BCUT2D eigenvalue weighted by atomic mass is 16.3. The maximum Gasteiger partial charge on any atom is 0.0914 e. The van der Waals surface area contributed by atoms with E-state index in [-0.39, 0.29) is 6.10 Å². The van der Waals surface area contributed by atoms with Crippen LogP contribution in [0.2, 0.25) is 0 Å². The van der Waals surface area contributed by atoms with Crippen molar-refractivity contribution in [1.29, 1.82) is 0 Å². The standard InChI is InChI=1S/C17H29NO2/c1-3-4-5-6-7-15-8-10-16(11-9-15)17(20)13-18-12-14(2)19/h8-11,14,17-20H,3-7,12-13H2,1-2H3. The number of unbranched alkanes of at least 4 members (excludes halogenated alkanes) is 3. The Kier molecular flexibility index (Phi) is 8.51. The second-order valence-electron chi connectivity index (χ2n) is 5.58.